The normalized spacial score (nSPS) is 23.6. The van der Waals surface area contributed by atoms with Crippen LogP contribution in [0.4, 0.5) is 8.78 Å². The Morgan fingerprint density at radius 1 is 1.11 bits per heavy atom. The van der Waals surface area contributed by atoms with Gasteiger partial charge < -0.3 is 15.2 Å². The van der Waals surface area contributed by atoms with Crippen LogP contribution in [0.15, 0.2) is 30.5 Å². The van der Waals surface area contributed by atoms with E-state index >= 15 is 0 Å². The number of carbonyl (C=O) groups is 1. The smallest absolute Gasteiger partial charge is 0.387 e. The number of aliphatic hydroxyl groups is 1. The van der Waals surface area contributed by atoms with Gasteiger partial charge in [-0.1, -0.05) is 0 Å². The van der Waals surface area contributed by atoms with Gasteiger partial charge in [0.2, 0.25) is 0 Å². The highest BCUT2D eigenvalue weighted by atomic mass is 19.3. The van der Waals surface area contributed by atoms with Gasteiger partial charge in [-0.15, -0.1) is 0 Å². The van der Waals surface area contributed by atoms with E-state index in [2.05, 4.69) is 15.0 Å². The number of aliphatic hydroxyl groups excluding tert-OH is 1. The lowest BCUT2D eigenvalue weighted by molar-refractivity contribution is -0.0497. The molecular weight excluding hydrogens is 366 g/mol. The summed E-state index contributed by atoms with van der Waals surface area (Å²) in [6.45, 7) is -2.89. The van der Waals surface area contributed by atoms with Crippen molar-refractivity contribution in [2.24, 2.45) is 11.8 Å². The predicted octanol–water partition coefficient (Wildman–Crippen LogP) is 3.90. The van der Waals surface area contributed by atoms with E-state index in [1.54, 1.807) is 12.1 Å². The molecule has 2 saturated carbocycles. The first-order valence-corrected chi connectivity index (χ1v) is 9.83. The third-order valence-corrected chi connectivity index (χ3v) is 5.84. The van der Waals surface area contributed by atoms with Crippen LogP contribution in [0.2, 0.25) is 0 Å². The molecule has 0 radical (unpaired) electrons. The van der Waals surface area contributed by atoms with Crippen LogP contribution < -0.4 is 10.1 Å². The molecule has 2 fully saturated rings. The van der Waals surface area contributed by atoms with Crippen molar-refractivity contribution < 1.29 is 23.4 Å². The van der Waals surface area contributed by atoms with Gasteiger partial charge in [0.05, 0.1) is 17.2 Å². The van der Waals surface area contributed by atoms with E-state index in [-0.39, 0.29) is 23.8 Å². The average molecular weight is 390 g/mol. The van der Waals surface area contributed by atoms with Crippen LogP contribution in [-0.2, 0) is 0 Å². The third kappa shape index (κ3) is 4.41. The van der Waals surface area contributed by atoms with Gasteiger partial charge in [0.15, 0.2) is 0 Å². The molecule has 5 nitrogen and oxygen atoms in total. The number of rotatable bonds is 6. The van der Waals surface area contributed by atoms with Gasteiger partial charge in [-0.25, -0.2) is 0 Å². The summed E-state index contributed by atoms with van der Waals surface area (Å²) < 4.78 is 29.0. The van der Waals surface area contributed by atoms with Crippen molar-refractivity contribution in [3.8, 4) is 5.75 Å². The molecule has 2 aliphatic rings. The van der Waals surface area contributed by atoms with Gasteiger partial charge in [-0.2, -0.15) is 8.78 Å². The van der Waals surface area contributed by atoms with Crippen molar-refractivity contribution in [3.05, 3.63) is 36.0 Å². The lowest BCUT2D eigenvalue weighted by Gasteiger charge is -2.32. The van der Waals surface area contributed by atoms with Gasteiger partial charge >= 0.3 is 6.61 Å². The number of ether oxygens (including phenoxy) is 1. The number of hydrogen-bond acceptors (Lipinski definition) is 4. The fourth-order valence-electron chi connectivity index (χ4n) is 4.10. The van der Waals surface area contributed by atoms with Crippen molar-refractivity contribution in [3.63, 3.8) is 0 Å². The Bertz CT molecular complexity index is 849. The molecule has 1 aromatic heterocycles. The van der Waals surface area contributed by atoms with Crippen LogP contribution in [0.5, 0.6) is 5.75 Å². The summed E-state index contributed by atoms with van der Waals surface area (Å²) in [6, 6.07) is 6.28. The first kappa shape index (κ1) is 19.1. The zero-order chi connectivity index (χ0) is 19.7. The van der Waals surface area contributed by atoms with Crippen LogP contribution in [0.3, 0.4) is 0 Å². The van der Waals surface area contributed by atoms with Gasteiger partial charge in [-0.05, 0) is 68.6 Å². The average Bonchev–Trinajstić information content (AvgIpc) is 3.52. The highest BCUT2D eigenvalue weighted by Gasteiger charge is 2.37. The van der Waals surface area contributed by atoms with Crippen LogP contribution in [0.25, 0.3) is 10.9 Å². The highest BCUT2D eigenvalue weighted by Crippen LogP contribution is 2.40. The summed E-state index contributed by atoms with van der Waals surface area (Å²) in [5.74, 6) is 0.699. The minimum Gasteiger partial charge on any atom is -0.435 e. The molecule has 0 spiro atoms. The molecule has 28 heavy (non-hydrogen) atoms. The van der Waals surface area contributed by atoms with Crippen molar-refractivity contribution in [2.75, 3.05) is 0 Å². The lowest BCUT2D eigenvalue weighted by atomic mass is 9.81. The number of halogens is 2. The van der Waals surface area contributed by atoms with Crippen LogP contribution in [0, 0.1) is 11.8 Å². The van der Waals surface area contributed by atoms with Gasteiger partial charge in [0, 0.05) is 23.7 Å². The number of amides is 1. The number of pyridine rings is 1. The Hall–Kier alpha value is -2.28. The van der Waals surface area contributed by atoms with E-state index in [0.717, 1.165) is 38.5 Å². The minimum absolute atomic E-state index is 0.0392. The molecule has 2 aliphatic carbocycles. The molecule has 0 aliphatic heterocycles. The minimum atomic E-state index is -2.89. The Morgan fingerprint density at radius 2 is 1.79 bits per heavy atom. The lowest BCUT2D eigenvalue weighted by Crippen LogP contribution is -2.39. The molecule has 1 heterocycles. The maximum atomic E-state index is 12.6. The number of fused-ring (bicyclic) bond motifs is 1. The summed E-state index contributed by atoms with van der Waals surface area (Å²) in [5, 5.41) is 14.0. The standard InChI is InChI=1S/C21H24F2N2O3/c22-21(23)28-17-8-5-14-9-15(11-24-18(14)10-17)20(27)25-16-6-3-13(4-7-16)19(26)12-1-2-12/h5,8-13,16,19,21,26H,1-4,6-7H2,(H,25,27). The number of nitrogens with zero attached hydrogens (tertiary/aromatic N) is 1. The summed E-state index contributed by atoms with van der Waals surface area (Å²) in [5.41, 5.74) is 0.930. The van der Waals surface area contributed by atoms with Crippen LogP contribution >= 0.6 is 0 Å². The molecule has 2 aromatic rings. The number of nitrogens with one attached hydrogen (secondary N) is 1. The monoisotopic (exact) mass is 390 g/mol. The topological polar surface area (TPSA) is 71.5 Å². The van der Waals surface area contributed by atoms with Crippen molar-refractivity contribution >= 4 is 16.8 Å². The zero-order valence-electron chi connectivity index (χ0n) is 15.5. The van der Waals surface area contributed by atoms with Crippen molar-refractivity contribution in [1.82, 2.24) is 10.3 Å². The van der Waals surface area contributed by atoms with E-state index in [4.69, 9.17) is 0 Å². The molecule has 7 heteroatoms. The SMILES string of the molecule is O=C(NC1CCC(C(O)C2CC2)CC1)c1cnc2cc(OC(F)F)ccc2c1. The van der Waals surface area contributed by atoms with Crippen molar-refractivity contribution in [2.45, 2.75) is 57.3 Å². The van der Waals surface area contributed by atoms with E-state index in [0.29, 0.717) is 28.3 Å². The van der Waals surface area contributed by atoms with E-state index in [1.165, 1.54) is 18.3 Å². The Balaban J connectivity index is 1.36. The second-order valence-electron chi connectivity index (χ2n) is 7.87. The zero-order valence-corrected chi connectivity index (χ0v) is 15.5. The molecule has 2 N–H and O–H groups in total. The maximum absolute atomic E-state index is 12.6. The molecule has 1 unspecified atom stereocenters. The van der Waals surface area contributed by atoms with Gasteiger partial charge in [0.25, 0.3) is 5.91 Å². The summed E-state index contributed by atoms with van der Waals surface area (Å²) in [4.78, 5) is 16.8. The van der Waals surface area contributed by atoms with Gasteiger partial charge in [-0.3, -0.25) is 9.78 Å². The molecule has 1 amide bonds. The molecular formula is C21H24F2N2O3. The number of aromatic nitrogens is 1. The molecule has 1 atom stereocenters. The third-order valence-electron chi connectivity index (χ3n) is 5.84. The highest BCUT2D eigenvalue weighted by molar-refractivity contribution is 5.97. The molecule has 4 rings (SSSR count). The molecule has 0 bridgehead atoms. The van der Waals surface area contributed by atoms with E-state index < -0.39 is 6.61 Å². The number of alkyl halides is 2. The summed E-state index contributed by atoms with van der Waals surface area (Å²) >= 11 is 0. The second kappa shape index (κ2) is 7.99. The molecule has 1 aromatic carbocycles. The Kier molecular flexibility index (Phi) is 5.44. The number of carbonyl (C=O) groups excluding carboxylic acids is 1. The van der Waals surface area contributed by atoms with Crippen molar-refractivity contribution in [1.29, 1.82) is 0 Å². The van der Waals surface area contributed by atoms with Crippen LogP contribution in [0.1, 0.15) is 48.9 Å². The number of benzene rings is 1. The first-order chi connectivity index (χ1) is 13.5. The summed E-state index contributed by atoms with van der Waals surface area (Å²) in [6.07, 6.45) is 7.17. The number of hydrogen-bond donors (Lipinski definition) is 2. The largest absolute Gasteiger partial charge is 0.435 e. The fourth-order valence-corrected chi connectivity index (χ4v) is 4.10. The van der Waals surface area contributed by atoms with Gasteiger partial charge in [0.1, 0.15) is 5.75 Å². The quantitative estimate of drug-likeness (QED) is 0.785. The Labute approximate surface area is 162 Å². The van der Waals surface area contributed by atoms with Crippen LogP contribution in [-0.4, -0.2) is 34.8 Å². The second-order valence-corrected chi connectivity index (χ2v) is 7.87. The fraction of sp³-hybridized carbons (Fsp3) is 0.524. The summed E-state index contributed by atoms with van der Waals surface area (Å²) in [7, 11) is 0. The molecule has 150 valence electrons. The Morgan fingerprint density at radius 3 is 2.43 bits per heavy atom. The molecule has 0 saturated heterocycles. The first-order valence-electron chi connectivity index (χ1n) is 9.83. The maximum Gasteiger partial charge on any atom is 0.387 e. The van der Waals surface area contributed by atoms with E-state index in [1.807, 2.05) is 0 Å². The predicted molar refractivity (Wildman–Crippen MR) is 100 cm³/mol. The van der Waals surface area contributed by atoms with E-state index in [9.17, 15) is 18.7 Å².